The second kappa shape index (κ2) is 3.06. The molecule has 0 bridgehead atoms. The number of ketones is 1. The maximum Gasteiger partial charge on any atom is 0.148 e. The summed E-state index contributed by atoms with van der Waals surface area (Å²) in [5, 5.41) is 3.90. The van der Waals surface area contributed by atoms with Crippen molar-refractivity contribution in [2.24, 2.45) is 16.7 Å². The zero-order chi connectivity index (χ0) is 14.5. The number of hydrogen-bond donors (Lipinski definition) is 3. The molecule has 4 unspecified atom stereocenters. The number of nitrogens with two attached hydrogens (primary N) is 2. The van der Waals surface area contributed by atoms with Gasteiger partial charge in [-0.3, -0.25) is 4.79 Å². The van der Waals surface area contributed by atoms with E-state index in [1.807, 2.05) is 0 Å². The molecule has 0 amide bonds. The van der Waals surface area contributed by atoms with Crippen molar-refractivity contribution in [3.63, 3.8) is 0 Å². The summed E-state index contributed by atoms with van der Waals surface area (Å²) in [7, 11) is 0. The number of nitrogens with one attached hydrogen (secondary N) is 1. The summed E-state index contributed by atoms with van der Waals surface area (Å²) in [6.45, 7) is 4.27. The Morgan fingerprint density at radius 3 is 2.65 bits per heavy atom. The average molecular weight is 293 g/mol. The van der Waals surface area contributed by atoms with Crippen LogP contribution in [0.3, 0.4) is 0 Å². The van der Waals surface area contributed by atoms with Crippen molar-refractivity contribution < 1.29 is 4.79 Å². The molecule has 3 saturated carbocycles. The summed E-state index contributed by atoms with van der Waals surface area (Å²) in [4.78, 5) is 16.2. The second-order valence-corrected chi connectivity index (χ2v) is 7.12. The first-order valence-electron chi connectivity index (χ1n) is 6.81. The van der Waals surface area contributed by atoms with Crippen LogP contribution in [0.4, 0.5) is 17.2 Å². The molecule has 4 rings (SSSR count). The van der Waals surface area contributed by atoms with Crippen molar-refractivity contribution in [1.29, 1.82) is 0 Å². The van der Waals surface area contributed by atoms with E-state index in [0.29, 0.717) is 22.2 Å². The lowest BCUT2D eigenvalue weighted by atomic mass is 9.60. The van der Waals surface area contributed by atoms with E-state index in [9.17, 15) is 4.79 Å². The van der Waals surface area contributed by atoms with E-state index in [0.717, 1.165) is 12.8 Å². The number of hydrogen-bond acceptors (Lipinski definition) is 5. The van der Waals surface area contributed by atoms with Crippen LogP contribution in [0.1, 0.15) is 26.7 Å². The predicted molar refractivity (Wildman–Crippen MR) is 78.4 cm³/mol. The maximum absolute atomic E-state index is 12.3. The first-order valence-corrected chi connectivity index (χ1v) is 7.19. The van der Waals surface area contributed by atoms with Crippen molar-refractivity contribution in [2.75, 3.05) is 16.8 Å². The first kappa shape index (κ1) is 12.3. The number of nitrogens with zero attached hydrogens (tertiary/aromatic N) is 1. The number of rotatable bonds is 2. The number of nitrogen functional groups attached to an aromatic ring is 2. The van der Waals surface area contributed by atoms with Gasteiger partial charge in [0, 0.05) is 10.8 Å². The smallest absolute Gasteiger partial charge is 0.148 e. The topological polar surface area (TPSA) is 94.0 Å². The number of pyridine rings is 1. The van der Waals surface area contributed by atoms with Gasteiger partial charge in [-0.2, -0.15) is 0 Å². The van der Waals surface area contributed by atoms with Gasteiger partial charge in [0.1, 0.15) is 11.6 Å². The molecule has 0 aliphatic heterocycles. The number of anilines is 3. The number of Topliss-reactive ketones (excluding diaryl/α,β-unsaturated/α-hetero) is 1. The molecule has 3 fully saturated rings. The molecule has 1 aromatic heterocycles. The van der Waals surface area contributed by atoms with Gasteiger partial charge in [-0.1, -0.05) is 25.4 Å². The van der Waals surface area contributed by atoms with Crippen LogP contribution in [0.15, 0.2) is 6.20 Å². The summed E-state index contributed by atoms with van der Waals surface area (Å²) in [6.07, 6.45) is 3.38. The van der Waals surface area contributed by atoms with E-state index in [-0.39, 0.29) is 28.1 Å². The molecule has 20 heavy (non-hydrogen) atoms. The monoisotopic (exact) mass is 292 g/mol. The lowest BCUT2D eigenvalue weighted by molar-refractivity contribution is -0.144. The SMILES string of the molecule is CC12CCC3(Nc4c(Cl)cnc(N)c4N)C(C1=O)C23C. The molecule has 0 spiro atoms. The average Bonchev–Trinajstić information content (AvgIpc) is 2.85. The fourth-order valence-corrected chi connectivity index (χ4v) is 5.05. The number of carbonyl (C=O) groups is 1. The highest BCUT2D eigenvalue weighted by molar-refractivity contribution is 6.34. The number of aromatic nitrogens is 1. The molecular weight excluding hydrogens is 276 g/mol. The largest absolute Gasteiger partial charge is 0.394 e. The molecule has 1 heterocycles. The normalized spacial score (nSPS) is 44.0. The highest BCUT2D eigenvalue weighted by Gasteiger charge is 2.95. The van der Waals surface area contributed by atoms with Crippen LogP contribution < -0.4 is 16.8 Å². The minimum atomic E-state index is -0.204. The zero-order valence-corrected chi connectivity index (χ0v) is 12.2. The highest BCUT2D eigenvalue weighted by Crippen LogP contribution is 2.88. The van der Waals surface area contributed by atoms with Crippen molar-refractivity contribution in [2.45, 2.75) is 32.2 Å². The zero-order valence-electron chi connectivity index (χ0n) is 11.5. The third-order valence-electron chi connectivity index (χ3n) is 6.33. The Hall–Kier alpha value is -1.49. The second-order valence-electron chi connectivity index (χ2n) is 6.71. The third kappa shape index (κ3) is 0.925. The first-order chi connectivity index (χ1) is 9.29. The Morgan fingerprint density at radius 2 is 2.10 bits per heavy atom. The van der Waals surface area contributed by atoms with Crippen LogP contribution in [0.5, 0.6) is 0 Å². The molecule has 0 saturated heterocycles. The van der Waals surface area contributed by atoms with Crippen LogP contribution in [0.2, 0.25) is 5.02 Å². The Bertz CT molecular complexity index is 677. The maximum atomic E-state index is 12.3. The molecule has 5 nitrogen and oxygen atoms in total. The minimum Gasteiger partial charge on any atom is -0.394 e. The molecule has 4 atom stereocenters. The minimum absolute atomic E-state index is 0.0187. The van der Waals surface area contributed by atoms with Crippen LogP contribution in [-0.2, 0) is 4.79 Å². The van der Waals surface area contributed by atoms with Gasteiger partial charge >= 0.3 is 0 Å². The van der Waals surface area contributed by atoms with Crippen molar-refractivity contribution >= 4 is 34.6 Å². The Balaban J connectivity index is 1.77. The van der Waals surface area contributed by atoms with Crippen molar-refractivity contribution in [1.82, 2.24) is 4.98 Å². The van der Waals surface area contributed by atoms with Gasteiger partial charge < -0.3 is 16.8 Å². The molecule has 106 valence electrons. The molecule has 3 aliphatic rings. The van der Waals surface area contributed by atoms with Gasteiger partial charge in [-0.05, 0) is 12.8 Å². The number of carbonyl (C=O) groups excluding carboxylic acids is 1. The highest BCUT2D eigenvalue weighted by atomic mass is 35.5. The van der Waals surface area contributed by atoms with Crippen LogP contribution in [0.25, 0.3) is 0 Å². The molecule has 0 radical (unpaired) electrons. The number of fused-ring (bicyclic) bond motifs is 1. The van der Waals surface area contributed by atoms with Crippen LogP contribution >= 0.6 is 11.6 Å². The van der Waals surface area contributed by atoms with Crippen molar-refractivity contribution in [3.8, 4) is 0 Å². The van der Waals surface area contributed by atoms with Gasteiger partial charge in [0.2, 0.25) is 0 Å². The van der Waals surface area contributed by atoms with Gasteiger partial charge in [-0.15, -0.1) is 0 Å². The summed E-state index contributed by atoms with van der Waals surface area (Å²) in [5.74, 6) is 0.715. The van der Waals surface area contributed by atoms with E-state index in [4.69, 9.17) is 23.1 Å². The molecular formula is C14H17ClN4O. The van der Waals surface area contributed by atoms with E-state index < -0.39 is 0 Å². The summed E-state index contributed by atoms with van der Waals surface area (Å²) >= 11 is 6.19. The van der Waals surface area contributed by atoms with E-state index in [2.05, 4.69) is 24.1 Å². The van der Waals surface area contributed by atoms with Gasteiger partial charge in [0.05, 0.1) is 34.1 Å². The van der Waals surface area contributed by atoms with E-state index in [1.165, 1.54) is 6.20 Å². The Labute approximate surface area is 122 Å². The fraction of sp³-hybridized carbons (Fsp3) is 0.571. The lowest BCUT2D eigenvalue weighted by Gasteiger charge is -2.41. The number of halogens is 1. The summed E-state index contributed by atoms with van der Waals surface area (Å²) < 4.78 is 0. The fourth-order valence-electron chi connectivity index (χ4n) is 4.85. The quantitative estimate of drug-likeness (QED) is 0.776. The molecule has 6 heteroatoms. The van der Waals surface area contributed by atoms with Gasteiger partial charge in [0.15, 0.2) is 0 Å². The standard InChI is InChI=1S/C14H17ClN4O/c1-12-3-4-14(9(10(12)20)13(12,14)2)19-8-6(15)5-18-11(17)7(8)16/h5,9H,3-4,16H2,1-2H3,(H3,17,18,19). The van der Waals surface area contributed by atoms with Crippen LogP contribution in [0, 0.1) is 16.7 Å². The summed E-state index contributed by atoms with van der Waals surface area (Å²) in [5.41, 5.74) is 12.3. The lowest BCUT2D eigenvalue weighted by Crippen LogP contribution is -2.47. The Kier molecular flexibility index (Phi) is 1.88. The third-order valence-corrected chi connectivity index (χ3v) is 6.62. The molecule has 1 aromatic rings. The van der Waals surface area contributed by atoms with Gasteiger partial charge in [0.25, 0.3) is 0 Å². The summed E-state index contributed by atoms with van der Waals surface area (Å²) in [6, 6.07) is 0. The predicted octanol–water partition coefficient (Wildman–Crippen LogP) is 2.07. The van der Waals surface area contributed by atoms with E-state index >= 15 is 0 Å². The van der Waals surface area contributed by atoms with Gasteiger partial charge in [-0.25, -0.2) is 4.98 Å². The molecule has 3 aliphatic carbocycles. The van der Waals surface area contributed by atoms with Crippen molar-refractivity contribution in [3.05, 3.63) is 11.2 Å². The van der Waals surface area contributed by atoms with E-state index in [1.54, 1.807) is 0 Å². The molecule has 0 aromatic carbocycles. The van der Waals surface area contributed by atoms with Crippen LogP contribution in [-0.4, -0.2) is 16.3 Å². The Morgan fingerprint density at radius 1 is 1.40 bits per heavy atom. The molecule has 5 N–H and O–H groups in total.